The van der Waals surface area contributed by atoms with Crippen LogP contribution in [-0.2, 0) is 9.53 Å². The largest absolute Gasteiger partial charge is 0.508 e. The second-order valence-electron chi connectivity index (χ2n) is 6.63. The van der Waals surface area contributed by atoms with E-state index < -0.39 is 5.54 Å². The van der Waals surface area contributed by atoms with Crippen molar-refractivity contribution in [2.45, 2.75) is 38.3 Å². The van der Waals surface area contributed by atoms with Crippen LogP contribution < -0.4 is 11.1 Å². The predicted octanol–water partition coefficient (Wildman–Crippen LogP) is 1.86. The van der Waals surface area contributed by atoms with E-state index in [0.29, 0.717) is 5.69 Å². The molecule has 3 atom stereocenters. The van der Waals surface area contributed by atoms with Gasteiger partial charge in [-0.3, -0.25) is 4.79 Å². The van der Waals surface area contributed by atoms with Crippen LogP contribution >= 0.6 is 0 Å². The smallest absolute Gasteiger partial charge is 0.245 e. The molecule has 3 rings (SSSR count). The molecule has 5 heteroatoms. The van der Waals surface area contributed by atoms with Gasteiger partial charge in [0, 0.05) is 23.6 Å². The number of benzene rings is 1. The number of aromatic hydroxyl groups is 1. The zero-order valence-corrected chi connectivity index (χ0v) is 12.4. The van der Waals surface area contributed by atoms with Crippen LogP contribution in [0.1, 0.15) is 26.7 Å². The number of anilines is 1. The molecule has 5 nitrogen and oxygen atoms in total. The molecular weight excluding hydrogens is 268 g/mol. The summed E-state index contributed by atoms with van der Waals surface area (Å²) in [5.74, 6) is 0.0588. The van der Waals surface area contributed by atoms with Crippen LogP contribution in [0.5, 0.6) is 5.75 Å². The van der Waals surface area contributed by atoms with Crippen molar-refractivity contribution in [3.05, 3.63) is 24.3 Å². The van der Waals surface area contributed by atoms with Crippen LogP contribution in [-0.4, -0.2) is 29.3 Å². The zero-order valence-electron chi connectivity index (χ0n) is 12.4. The lowest BCUT2D eigenvalue weighted by Crippen LogP contribution is -2.81. The minimum Gasteiger partial charge on any atom is -0.508 e. The first-order valence-corrected chi connectivity index (χ1v) is 7.38. The number of carbonyl (C=O) groups is 1. The summed E-state index contributed by atoms with van der Waals surface area (Å²) in [7, 11) is 0. The van der Waals surface area contributed by atoms with Gasteiger partial charge in [0.2, 0.25) is 5.91 Å². The van der Waals surface area contributed by atoms with Gasteiger partial charge in [-0.25, -0.2) is 0 Å². The summed E-state index contributed by atoms with van der Waals surface area (Å²) in [6, 6.07) is 6.41. The Bertz CT molecular complexity index is 555. The van der Waals surface area contributed by atoms with Crippen molar-refractivity contribution < 1.29 is 14.6 Å². The van der Waals surface area contributed by atoms with Crippen LogP contribution in [0, 0.1) is 11.3 Å². The second-order valence-corrected chi connectivity index (χ2v) is 6.63. The molecule has 1 aliphatic heterocycles. The van der Waals surface area contributed by atoms with E-state index in [-0.39, 0.29) is 29.1 Å². The number of carbonyl (C=O) groups excluding carboxylic acids is 1. The molecule has 2 aliphatic rings. The van der Waals surface area contributed by atoms with E-state index in [1.807, 2.05) is 13.8 Å². The van der Waals surface area contributed by atoms with Crippen molar-refractivity contribution in [2.75, 3.05) is 11.9 Å². The van der Waals surface area contributed by atoms with Gasteiger partial charge in [-0.2, -0.15) is 0 Å². The molecule has 1 aromatic rings. The van der Waals surface area contributed by atoms with E-state index in [4.69, 9.17) is 10.5 Å². The number of nitrogens with two attached hydrogens (primary N) is 1. The van der Waals surface area contributed by atoms with Crippen LogP contribution in [0.25, 0.3) is 0 Å². The topological polar surface area (TPSA) is 84.6 Å². The van der Waals surface area contributed by atoms with Gasteiger partial charge in [-0.05, 0) is 37.1 Å². The van der Waals surface area contributed by atoms with Gasteiger partial charge >= 0.3 is 0 Å². The Morgan fingerprint density at radius 3 is 2.71 bits per heavy atom. The van der Waals surface area contributed by atoms with Crippen LogP contribution in [0.4, 0.5) is 5.69 Å². The molecule has 21 heavy (non-hydrogen) atoms. The Kier molecular flexibility index (Phi) is 3.22. The van der Waals surface area contributed by atoms with Gasteiger partial charge in [-0.15, -0.1) is 0 Å². The quantitative estimate of drug-likeness (QED) is 0.726. The molecule has 1 aromatic carbocycles. The van der Waals surface area contributed by atoms with E-state index in [1.165, 1.54) is 12.1 Å². The minimum absolute atomic E-state index is 0.0572. The highest BCUT2D eigenvalue weighted by atomic mass is 16.5. The van der Waals surface area contributed by atoms with E-state index in [2.05, 4.69) is 5.32 Å². The Hall–Kier alpha value is -1.59. The summed E-state index contributed by atoms with van der Waals surface area (Å²) < 4.78 is 5.81. The lowest BCUT2D eigenvalue weighted by Gasteiger charge is -2.65. The standard InChI is InChI=1S/C16H22N2O3/c1-15(2)13-12(4-3-9-21-13)16(15,17)14(20)18-10-5-7-11(19)8-6-10/h5-8,12-13,19H,3-4,9,17H2,1-2H3,(H,18,20). The summed E-state index contributed by atoms with van der Waals surface area (Å²) in [5.41, 5.74) is 5.84. The van der Waals surface area contributed by atoms with Gasteiger partial charge in [0.25, 0.3) is 0 Å². The maximum absolute atomic E-state index is 12.7. The molecule has 4 N–H and O–H groups in total. The van der Waals surface area contributed by atoms with E-state index in [0.717, 1.165) is 19.4 Å². The van der Waals surface area contributed by atoms with E-state index in [1.54, 1.807) is 12.1 Å². The summed E-state index contributed by atoms with van der Waals surface area (Å²) in [4.78, 5) is 12.7. The average Bonchev–Trinajstić information content (AvgIpc) is 2.48. The maximum Gasteiger partial charge on any atom is 0.245 e. The summed E-state index contributed by atoms with van der Waals surface area (Å²) >= 11 is 0. The van der Waals surface area contributed by atoms with Crippen molar-refractivity contribution >= 4 is 11.6 Å². The first kappa shape index (κ1) is 14.4. The van der Waals surface area contributed by atoms with E-state index >= 15 is 0 Å². The fraction of sp³-hybridized carbons (Fsp3) is 0.562. The van der Waals surface area contributed by atoms with Crippen molar-refractivity contribution in [1.82, 2.24) is 0 Å². The Balaban J connectivity index is 1.81. The molecule has 1 aliphatic carbocycles. The first-order chi connectivity index (χ1) is 9.87. The van der Waals surface area contributed by atoms with Gasteiger partial charge in [0.15, 0.2) is 0 Å². The number of ether oxygens (including phenoxy) is 1. The lowest BCUT2D eigenvalue weighted by molar-refractivity contribution is -0.222. The van der Waals surface area contributed by atoms with Gasteiger partial charge < -0.3 is 20.9 Å². The molecule has 2 fully saturated rings. The molecule has 0 aromatic heterocycles. The number of phenolic OH excluding ortho intramolecular Hbond substituents is 1. The summed E-state index contributed by atoms with van der Waals surface area (Å²) in [6.45, 7) is 4.74. The molecule has 1 heterocycles. The van der Waals surface area contributed by atoms with Gasteiger partial charge in [0.1, 0.15) is 11.3 Å². The van der Waals surface area contributed by atoms with Crippen LogP contribution in [0.15, 0.2) is 24.3 Å². The zero-order chi connectivity index (χ0) is 15.3. The third kappa shape index (κ3) is 1.95. The number of phenols is 1. The average molecular weight is 290 g/mol. The number of hydrogen-bond acceptors (Lipinski definition) is 4. The molecule has 1 saturated carbocycles. The third-order valence-electron chi connectivity index (χ3n) is 5.19. The number of amides is 1. The SMILES string of the molecule is CC1(C)C2OCCCC2C1(N)C(=O)Nc1ccc(O)cc1. The second kappa shape index (κ2) is 4.71. The Morgan fingerprint density at radius 2 is 2.05 bits per heavy atom. The van der Waals surface area contributed by atoms with Crippen LogP contribution in [0.2, 0.25) is 0 Å². The molecule has 0 spiro atoms. The highest BCUT2D eigenvalue weighted by Crippen LogP contribution is 2.57. The molecular formula is C16H22N2O3. The number of hydrogen-bond donors (Lipinski definition) is 3. The number of nitrogens with one attached hydrogen (secondary N) is 1. The predicted molar refractivity (Wildman–Crippen MR) is 79.9 cm³/mol. The van der Waals surface area contributed by atoms with Crippen LogP contribution in [0.3, 0.4) is 0 Å². The first-order valence-electron chi connectivity index (χ1n) is 7.38. The normalized spacial score (nSPS) is 33.7. The van der Waals surface area contributed by atoms with Crippen molar-refractivity contribution in [3.63, 3.8) is 0 Å². The highest BCUT2D eigenvalue weighted by Gasteiger charge is 2.70. The molecule has 1 amide bonds. The Labute approximate surface area is 124 Å². The van der Waals surface area contributed by atoms with Crippen molar-refractivity contribution in [3.8, 4) is 5.75 Å². The van der Waals surface area contributed by atoms with E-state index in [9.17, 15) is 9.90 Å². The van der Waals surface area contributed by atoms with Gasteiger partial charge in [-0.1, -0.05) is 13.8 Å². The molecule has 114 valence electrons. The summed E-state index contributed by atoms with van der Waals surface area (Å²) in [5, 5.41) is 12.2. The monoisotopic (exact) mass is 290 g/mol. The maximum atomic E-state index is 12.7. The minimum atomic E-state index is -0.921. The third-order valence-corrected chi connectivity index (χ3v) is 5.19. The van der Waals surface area contributed by atoms with Crippen molar-refractivity contribution in [1.29, 1.82) is 0 Å². The van der Waals surface area contributed by atoms with Gasteiger partial charge in [0.05, 0.1) is 6.10 Å². The summed E-state index contributed by atoms with van der Waals surface area (Å²) in [6.07, 6.45) is 1.93. The number of rotatable bonds is 2. The molecule has 1 saturated heterocycles. The molecule has 0 bridgehead atoms. The number of fused-ring (bicyclic) bond motifs is 1. The fourth-order valence-corrected chi connectivity index (χ4v) is 3.82. The molecule has 3 unspecified atom stereocenters. The Morgan fingerprint density at radius 1 is 1.38 bits per heavy atom. The van der Waals surface area contributed by atoms with Crippen molar-refractivity contribution in [2.24, 2.45) is 17.1 Å². The fourth-order valence-electron chi connectivity index (χ4n) is 3.82. The lowest BCUT2D eigenvalue weighted by atomic mass is 9.46. The highest BCUT2D eigenvalue weighted by molar-refractivity contribution is 6.00. The molecule has 0 radical (unpaired) electrons.